The first-order valence-electron chi connectivity index (χ1n) is 5.66. The summed E-state index contributed by atoms with van der Waals surface area (Å²) in [4.78, 5) is 15.0. The summed E-state index contributed by atoms with van der Waals surface area (Å²) in [5, 5.41) is 10.6. The van der Waals surface area contributed by atoms with Crippen molar-refractivity contribution in [2.75, 3.05) is 0 Å². The molecule has 0 saturated heterocycles. The molecule has 0 N–H and O–H groups in total. The molecular formula is C14H9KN2O3. The summed E-state index contributed by atoms with van der Waals surface area (Å²) < 4.78 is 6.50. The van der Waals surface area contributed by atoms with E-state index in [1.165, 1.54) is 0 Å². The van der Waals surface area contributed by atoms with Crippen molar-refractivity contribution in [1.82, 2.24) is 9.38 Å². The number of nitrogens with zero attached hydrogens (tertiary/aromatic N) is 2. The summed E-state index contributed by atoms with van der Waals surface area (Å²) in [5.74, 6) is 0.214. The quantitative estimate of drug-likeness (QED) is 0.335. The fraction of sp³-hybridized carbons (Fsp3) is 0. The number of ether oxygens (including phenoxy) is 1. The minimum atomic E-state index is -1.59. The van der Waals surface area contributed by atoms with Crippen molar-refractivity contribution in [2.24, 2.45) is 0 Å². The molecule has 0 aliphatic heterocycles. The van der Waals surface area contributed by atoms with E-state index in [1.807, 2.05) is 35.0 Å². The molecule has 94 valence electrons. The number of carbonyl (C=O) groups is 1. The maximum atomic E-state index is 10.6. The van der Waals surface area contributed by atoms with Gasteiger partial charge < -0.3 is 19.0 Å². The normalized spacial score (nSPS) is 10.0. The van der Waals surface area contributed by atoms with Crippen molar-refractivity contribution in [3.05, 3.63) is 54.9 Å². The second-order valence-electron chi connectivity index (χ2n) is 3.94. The summed E-state index contributed by atoms with van der Waals surface area (Å²) in [5.41, 5.74) is 2.03. The van der Waals surface area contributed by atoms with E-state index in [0.717, 1.165) is 5.65 Å². The Morgan fingerprint density at radius 2 is 1.90 bits per heavy atom. The number of hydrogen-bond acceptors (Lipinski definition) is 4. The number of hydrogen-bond donors (Lipinski definition) is 0. The molecule has 1 aromatic carbocycles. The summed E-state index contributed by atoms with van der Waals surface area (Å²) in [6.45, 7) is 0. The van der Waals surface area contributed by atoms with Crippen LogP contribution in [0.25, 0.3) is 16.9 Å². The zero-order valence-corrected chi connectivity index (χ0v) is 13.9. The number of pyridine rings is 1. The van der Waals surface area contributed by atoms with Crippen molar-refractivity contribution in [3.63, 3.8) is 0 Å². The molecule has 3 rings (SSSR count). The Bertz CT molecular complexity index is 722. The van der Waals surface area contributed by atoms with Gasteiger partial charge in [-0.3, -0.25) is 0 Å². The average Bonchev–Trinajstić information content (AvgIpc) is 2.82. The molecule has 3 aromatic rings. The molecule has 6 heteroatoms. The molecule has 0 atom stereocenters. The van der Waals surface area contributed by atoms with Gasteiger partial charge in [-0.05, 0) is 18.2 Å². The smallest absolute Gasteiger partial charge is 0.513 e. The maximum absolute atomic E-state index is 10.6. The minimum Gasteiger partial charge on any atom is -0.513 e. The van der Waals surface area contributed by atoms with Crippen LogP contribution in [0.5, 0.6) is 5.75 Å². The molecule has 0 aliphatic carbocycles. The molecule has 2 aromatic heterocycles. The number of carbonyl (C=O) groups excluding carboxylic acids is 1. The molecule has 0 radical (unpaired) electrons. The van der Waals surface area contributed by atoms with Crippen LogP contribution in [0.3, 0.4) is 0 Å². The number of aromatic nitrogens is 2. The Balaban J connectivity index is 0.00000147. The molecule has 20 heavy (non-hydrogen) atoms. The Morgan fingerprint density at radius 1 is 1.15 bits per heavy atom. The molecule has 0 bridgehead atoms. The van der Waals surface area contributed by atoms with E-state index in [9.17, 15) is 9.90 Å². The largest absolute Gasteiger partial charge is 1.00 e. The van der Waals surface area contributed by atoms with Gasteiger partial charge in [-0.1, -0.05) is 24.3 Å². The summed E-state index contributed by atoms with van der Waals surface area (Å²) >= 11 is 0. The second-order valence-corrected chi connectivity index (χ2v) is 3.94. The first-order chi connectivity index (χ1) is 9.24. The molecule has 0 aliphatic rings. The van der Waals surface area contributed by atoms with Crippen LogP contribution in [-0.4, -0.2) is 15.5 Å². The van der Waals surface area contributed by atoms with Crippen LogP contribution in [0.4, 0.5) is 4.79 Å². The topological polar surface area (TPSA) is 66.7 Å². The number of fused-ring (bicyclic) bond motifs is 1. The Hall–Kier alpha value is -1.18. The van der Waals surface area contributed by atoms with Crippen LogP contribution in [0, 0.1) is 0 Å². The fourth-order valence-electron chi connectivity index (χ4n) is 1.92. The summed E-state index contributed by atoms with van der Waals surface area (Å²) in [7, 11) is 0. The maximum Gasteiger partial charge on any atom is 1.00 e. The van der Waals surface area contributed by atoms with Crippen molar-refractivity contribution >= 4 is 11.8 Å². The molecule has 0 saturated carbocycles. The van der Waals surface area contributed by atoms with E-state index < -0.39 is 6.16 Å². The van der Waals surface area contributed by atoms with Gasteiger partial charge in [0.1, 0.15) is 5.65 Å². The van der Waals surface area contributed by atoms with Gasteiger partial charge in [0.15, 0.2) is 0 Å². The van der Waals surface area contributed by atoms with Gasteiger partial charge in [-0.25, -0.2) is 4.98 Å². The molecule has 5 nitrogen and oxygen atoms in total. The van der Waals surface area contributed by atoms with Gasteiger partial charge in [-0.15, -0.1) is 0 Å². The molecule has 0 unspecified atom stereocenters. The van der Waals surface area contributed by atoms with Crippen molar-refractivity contribution in [2.45, 2.75) is 0 Å². The van der Waals surface area contributed by atoms with Crippen LogP contribution in [0.1, 0.15) is 0 Å². The molecular weight excluding hydrogens is 283 g/mol. The number of benzene rings is 1. The van der Waals surface area contributed by atoms with Crippen molar-refractivity contribution in [3.8, 4) is 17.0 Å². The Morgan fingerprint density at radius 3 is 2.65 bits per heavy atom. The molecule has 0 spiro atoms. The van der Waals surface area contributed by atoms with Crippen LogP contribution < -0.4 is 61.2 Å². The van der Waals surface area contributed by atoms with E-state index in [0.29, 0.717) is 11.3 Å². The molecule has 0 amide bonds. The predicted octanol–water partition coefficient (Wildman–Crippen LogP) is -1.27. The van der Waals surface area contributed by atoms with Crippen LogP contribution in [0.2, 0.25) is 0 Å². The SMILES string of the molecule is O=C([O-])Oc1ccccc1-c1cn2ccccc2n1.[K+]. The first kappa shape index (κ1) is 15.2. The minimum absolute atomic E-state index is 0. The summed E-state index contributed by atoms with van der Waals surface area (Å²) in [6, 6.07) is 12.4. The van der Waals surface area contributed by atoms with Gasteiger partial charge in [0, 0.05) is 18.0 Å². The van der Waals surface area contributed by atoms with E-state index in [1.54, 1.807) is 24.3 Å². The molecule has 2 heterocycles. The third kappa shape index (κ3) is 3.10. The van der Waals surface area contributed by atoms with Gasteiger partial charge >= 0.3 is 51.4 Å². The fourth-order valence-corrected chi connectivity index (χ4v) is 1.92. The number of carboxylic acid groups (broad SMARTS) is 1. The van der Waals surface area contributed by atoms with Crippen LogP contribution >= 0.6 is 0 Å². The van der Waals surface area contributed by atoms with Gasteiger partial charge in [-0.2, -0.15) is 0 Å². The van der Waals surface area contributed by atoms with E-state index in [-0.39, 0.29) is 57.1 Å². The van der Waals surface area contributed by atoms with E-state index >= 15 is 0 Å². The third-order valence-corrected chi connectivity index (χ3v) is 2.72. The van der Waals surface area contributed by atoms with E-state index in [2.05, 4.69) is 9.72 Å². The van der Waals surface area contributed by atoms with Gasteiger partial charge in [0.05, 0.1) is 11.4 Å². The van der Waals surface area contributed by atoms with E-state index in [4.69, 9.17) is 0 Å². The third-order valence-electron chi connectivity index (χ3n) is 2.72. The number of para-hydroxylation sites is 1. The Kier molecular flexibility index (Phi) is 4.95. The number of imidazole rings is 1. The zero-order valence-electron chi connectivity index (χ0n) is 10.8. The Labute approximate surface area is 157 Å². The summed E-state index contributed by atoms with van der Waals surface area (Å²) in [6.07, 6.45) is 2.09. The predicted molar refractivity (Wildman–Crippen MR) is 66.7 cm³/mol. The average molecular weight is 292 g/mol. The standard InChI is InChI=1S/C14H10N2O3.K/c17-14(18)19-12-6-2-1-5-10(12)11-9-16-8-4-3-7-13(16)15-11;/h1-9H,(H,17,18);/q;+1/p-1. The monoisotopic (exact) mass is 292 g/mol. The van der Waals surface area contributed by atoms with Crippen molar-refractivity contribution in [1.29, 1.82) is 0 Å². The molecule has 0 fully saturated rings. The second kappa shape index (κ2) is 6.51. The van der Waals surface area contributed by atoms with Gasteiger partial charge in [0.2, 0.25) is 0 Å². The van der Waals surface area contributed by atoms with Crippen molar-refractivity contribution < 1.29 is 66.0 Å². The van der Waals surface area contributed by atoms with Gasteiger partial charge in [0.25, 0.3) is 6.16 Å². The van der Waals surface area contributed by atoms with Crippen LogP contribution in [-0.2, 0) is 0 Å². The number of rotatable bonds is 2. The zero-order chi connectivity index (χ0) is 13.2. The van der Waals surface area contributed by atoms with Crippen LogP contribution in [0.15, 0.2) is 54.9 Å². The first-order valence-corrected chi connectivity index (χ1v) is 5.66.